The van der Waals surface area contributed by atoms with Gasteiger partial charge in [0, 0.05) is 5.02 Å². The zero-order valence-electron chi connectivity index (χ0n) is 10.4. The number of hydrogen-bond donors (Lipinski definition) is 2. The normalized spacial score (nSPS) is 10.6. The molecule has 2 aromatic rings. The van der Waals surface area contributed by atoms with Crippen molar-refractivity contribution in [2.75, 3.05) is 16.8 Å². The van der Waals surface area contributed by atoms with Crippen LogP contribution in [0.4, 0.5) is 10.8 Å². The van der Waals surface area contributed by atoms with Crippen LogP contribution in [0.1, 0.15) is 5.69 Å². The van der Waals surface area contributed by atoms with E-state index in [0.717, 1.165) is 9.90 Å². The molecule has 0 saturated heterocycles. The first-order chi connectivity index (χ1) is 9.45. The molecule has 0 spiro atoms. The van der Waals surface area contributed by atoms with Gasteiger partial charge in [-0.3, -0.25) is 4.79 Å². The zero-order valence-corrected chi connectivity index (χ0v) is 13.6. The predicted molar refractivity (Wildman–Crippen MR) is 87.1 cm³/mol. The number of benzene rings is 1. The maximum absolute atomic E-state index is 11.9. The summed E-state index contributed by atoms with van der Waals surface area (Å²) in [6, 6.07) is 4.92. The quantitative estimate of drug-likeness (QED) is 0.818. The Labute approximate surface area is 134 Å². The van der Waals surface area contributed by atoms with E-state index >= 15 is 0 Å². The Kier molecular flexibility index (Phi) is 5.15. The zero-order chi connectivity index (χ0) is 14.7. The number of nitrogens with one attached hydrogen (secondary N) is 1. The number of nitrogens with two attached hydrogens (primary N) is 1. The van der Waals surface area contributed by atoms with E-state index in [1.807, 2.05) is 6.92 Å². The number of nitrogens with zero attached hydrogens (tertiary/aromatic N) is 1. The van der Waals surface area contributed by atoms with Crippen molar-refractivity contribution in [3.8, 4) is 0 Å². The maximum atomic E-state index is 11.9. The average Bonchev–Trinajstić information content (AvgIpc) is 2.70. The van der Waals surface area contributed by atoms with Crippen LogP contribution in [0.25, 0.3) is 0 Å². The average molecular weight is 348 g/mol. The Hall–Kier alpha value is -0.950. The number of thiazole rings is 1. The van der Waals surface area contributed by atoms with Gasteiger partial charge in [-0.15, -0.1) is 11.8 Å². The van der Waals surface area contributed by atoms with Crippen molar-refractivity contribution in [1.82, 2.24) is 4.98 Å². The number of thioether (sulfide) groups is 1. The first-order valence-corrected chi connectivity index (χ1v) is 8.12. The summed E-state index contributed by atoms with van der Waals surface area (Å²) in [4.78, 5) is 16.0. The van der Waals surface area contributed by atoms with Crippen molar-refractivity contribution in [2.24, 2.45) is 0 Å². The van der Waals surface area contributed by atoms with Gasteiger partial charge in [-0.25, -0.2) is 4.98 Å². The molecule has 0 aliphatic rings. The minimum absolute atomic E-state index is 0.162. The molecule has 0 atom stereocenters. The maximum Gasteiger partial charge on any atom is 0.234 e. The van der Waals surface area contributed by atoms with Crippen LogP contribution in [0, 0.1) is 6.92 Å². The highest BCUT2D eigenvalue weighted by molar-refractivity contribution is 8.01. The Morgan fingerprint density at radius 3 is 2.90 bits per heavy atom. The summed E-state index contributed by atoms with van der Waals surface area (Å²) in [5, 5.41) is 4.19. The van der Waals surface area contributed by atoms with Crippen LogP contribution in [0.2, 0.25) is 10.0 Å². The smallest absolute Gasteiger partial charge is 0.234 e. The summed E-state index contributed by atoms with van der Waals surface area (Å²) < 4.78 is 0.940. The van der Waals surface area contributed by atoms with Crippen molar-refractivity contribution in [3.63, 3.8) is 0 Å². The van der Waals surface area contributed by atoms with E-state index in [1.165, 1.54) is 23.1 Å². The number of anilines is 2. The first-order valence-electron chi connectivity index (χ1n) is 5.56. The van der Waals surface area contributed by atoms with Gasteiger partial charge in [-0.05, 0) is 25.1 Å². The molecule has 20 heavy (non-hydrogen) atoms. The van der Waals surface area contributed by atoms with Crippen LogP contribution in [0.5, 0.6) is 0 Å². The highest BCUT2D eigenvalue weighted by atomic mass is 35.5. The number of aromatic nitrogens is 1. The molecule has 2 rings (SSSR count). The molecule has 1 aromatic carbocycles. The Morgan fingerprint density at radius 1 is 1.50 bits per heavy atom. The topological polar surface area (TPSA) is 68.0 Å². The number of carbonyl (C=O) groups excluding carboxylic acids is 1. The second-order valence-corrected chi connectivity index (χ2v) is 7.00. The monoisotopic (exact) mass is 347 g/mol. The first kappa shape index (κ1) is 15.4. The van der Waals surface area contributed by atoms with Gasteiger partial charge in [0.25, 0.3) is 0 Å². The Morgan fingerprint density at radius 2 is 2.25 bits per heavy atom. The number of nitrogen functional groups attached to an aromatic ring is 1. The molecule has 106 valence electrons. The molecule has 1 amide bonds. The summed E-state index contributed by atoms with van der Waals surface area (Å²) in [6.45, 7) is 1.86. The molecule has 0 unspecified atom stereocenters. The lowest BCUT2D eigenvalue weighted by atomic mass is 10.3. The molecule has 0 radical (unpaired) electrons. The number of carbonyl (C=O) groups is 1. The largest absolute Gasteiger partial charge is 0.375 e. The second-order valence-electron chi connectivity index (χ2n) is 3.89. The van der Waals surface area contributed by atoms with E-state index in [-0.39, 0.29) is 11.7 Å². The summed E-state index contributed by atoms with van der Waals surface area (Å²) in [5.41, 5.74) is 6.95. The van der Waals surface area contributed by atoms with E-state index in [9.17, 15) is 4.79 Å². The lowest BCUT2D eigenvalue weighted by molar-refractivity contribution is -0.113. The van der Waals surface area contributed by atoms with Crippen LogP contribution in [0.3, 0.4) is 0 Å². The molecule has 4 nitrogen and oxygen atoms in total. The molecule has 1 heterocycles. The van der Waals surface area contributed by atoms with Gasteiger partial charge >= 0.3 is 0 Å². The molecule has 1 aromatic heterocycles. The molecular formula is C12H11Cl2N3OS2. The Bertz CT molecular complexity index is 646. The van der Waals surface area contributed by atoms with Crippen molar-refractivity contribution in [3.05, 3.63) is 33.9 Å². The minimum Gasteiger partial charge on any atom is -0.375 e. The van der Waals surface area contributed by atoms with Crippen LogP contribution < -0.4 is 11.1 Å². The third-order valence-electron chi connectivity index (χ3n) is 2.31. The molecule has 0 aliphatic heterocycles. The number of amides is 1. The third-order valence-corrected chi connectivity index (χ3v) is 5.22. The predicted octanol–water partition coefficient (Wildman–Crippen LogP) is 4.07. The van der Waals surface area contributed by atoms with Gasteiger partial charge in [0.1, 0.15) is 0 Å². The number of aryl methyl sites for hydroxylation is 1. The molecule has 0 bridgehead atoms. The van der Waals surface area contributed by atoms with Crippen molar-refractivity contribution in [2.45, 2.75) is 11.1 Å². The molecule has 0 saturated carbocycles. The minimum atomic E-state index is -0.162. The SMILES string of the molecule is Cc1nc(N)sc1SCC(=O)Nc1cc(Cl)ccc1Cl. The number of halogens is 2. The molecule has 0 fully saturated rings. The van der Waals surface area contributed by atoms with Crippen LogP contribution in [-0.4, -0.2) is 16.6 Å². The van der Waals surface area contributed by atoms with E-state index in [1.54, 1.807) is 18.2 Å². The van der Waals surface area contributed by atoms with E-state index in [0.29, 0.717) is 20.9 Å². The van der Waals surface area contributed by atoms with Crippen molar-refractivity contribution < 1.29 is 4.79 Å². The Balaban J connectivity index is 1.96. The van der Waals surface area contributed by atoms with Gasteiger partial charge in [0.05, 0.1) is 26.4 Å². The van der Waals surface area contributed by atoms with Crippen LogP contribution >= 0.6 is 46.3 Å². The number of rotatable bonds is 4. The van der Waals surface area contributed by atoms with Gasteiger partial charge < -0.3 is 11.1 Å². The highest BCUT2D eigenvalue weighted by Crippen LogP contribution is 2.31. The fourth-order valence-electron chi connectivity index (χ4n) is 1.45. The van der Waals surface area contributed by atoms with Gasteiger partial charge in [0.15, 0.2) is 5.13 Å². The number of hydrogen-bond acceptors (Lipinski definition) is 5. The van der Waals surface area contributed by atoms with Crippen molar-refractivity contribution in [1.29, 1.82) is 0 Å². The highest BCUT2D eigenvalue weighted by Gasteiger charge is 2.11. The lowest BCUT2D eigenvalue weighted by Crippen LogP contribution is -2.14. The molecular weight excluding hydrogens is 337 g/mol. The van der Waals surface area contributed by atoms with Crippen molar-refractivity contribution >= 4 is 63.0 Å². The molecule has 8 heteroatoms. The van der Waals surface area contributed by atoms with Crippen LogP contribution in [-0.2, 0) is 4.79 Å². The molecule has 0 aliphatic carbocycles. The third kappa shape index (κ3) is 4.02. The molecule has 3 N–H and O–H groups in total. The lowest BCUT2D eigenvalue weighted by Gasteiger charge is -2.07. The fourth-order valence-corrected chi connectivity index (χ4v) is 3.61. The van der Waals surface area contributed by atoms with E-state index < -0.39 is 0 Å². The van der Waals surface area contributed by atoms with Gasteiger partial charge in [0.2, 0.25) is 5.91 Å². The van der Waals surface area contributed by atoms with Crippen LogP contribution in [0.15, 0.2) is 22.4 Å². The summed E-state index contributed by atoms with van der Waals surface area (Å²) >= 11 is 14.6. The summed E-state index contributed by atoms with van der Waals surface area (Å²) in [5.74, 6) is 0.0937. The second kappa shape index (κ2) is 6.67. The fraction of sp³-hybridized carbons (Fsp3) is 0.167. The van der Waals surface area contributed by atoms with E-state index in [4.69, 9.17) is 28.9 Å². The summed E-state index contributed by atoms with van der Waals surface area (Å²) in [6.07, 6.45) is 0. The van der Waals surface area contributed by atoms with E-state index in [2.05, 4.69) is 10.3 Å². The standard InChI is InChI=1S/C12H11Cl2N3OS2/c1-6-11(20-12(15)16-6)19-5-10(18)17-9-4-7(13)2-3-8(9)14/h2-4H,5H2,1H3,(H2,15,16)(H,17,18). The van der Waals surface area contributed by atoms with Gasteiger partial charge in [-0.1, -0.05) is 34.5 Å². The summed E-state index contributed by atoms with van der Waals surface area (Å²) in [7, 11) is 0. The van der Waals surface area contributed by atoms with Gasteiger partial charge in [-0.2, -0.15) is 0 Å².